The molecule has 190 valence electrons. The summed E-state index contributed by atoms with van der Waals surface area (Å²) < 4.78 is 5.87. The van der Waals surface area contributed by atoms with Crippen LogP contribution in [0.25, 0.3) is 0 Å². The molecule has 1 atom stereocenters. The van der Waals surface area contributed by atoms with Crippen LogP contribution in [0.2, 0.25) is 0 Å². The Hall–Kier alpha value is -2.84. The number of nitrogens with zero attached hydrogens (tertiary/aromatic N) is 3. The standard InChI is InChI=1S/C27H39N5O3/c1-27(2,19-33)18-31(3)23-14-15-32(17-23)22-11-8-20(9-12-22)29-26(34)30-21-10-13-25(28-16-21)35-24-6-4-5-7-24/h8-13,16,23-24,33H,4-7,14-15,17-19H2,1-3H3,(H2,29,30,34). The van der Waals surface area contributed by atoms with E-state index in [4.69, 9.17) is 4.74 Å². The summed E-state index contributed by atoms with van der Waals surface area (Å²) in [7, 11) is 2.14. The summed E-state index contributed by atoms with van der Waals surface area (Å²) in [6.07, 6.45) is 7.58. The van der Waals surface area contributed by atoms with E-state index in [9.17, 15) is 9.90 Å². The third kappa shape index (κ3) is 7.08. The fourth-order valence-electron chi connectivity index (χ4n) is 4.94. The zero-order valence-electron chi connectivity index (χ0n) is 21.2. The number of carbonyl (C=O) groups excluding carboxylic acids is 1. The summed E-state index contributed by atoms with van der Waals surface area (Å²) in [5.74, 6) is 0.603. The zero-order chi connectivity index (χ0) is 24.8. The number of hydrogen-bond donors (Lipinski definition) is 3. The number of nitrogens with one attached hydrogen (secondary N) is 2. The Kier molecular flexibility index (Phi) is 8.13. The molecule has 2 heterocycles. The average Bonchev–Trinajstić information content (AvgIpc) is 3.53. The van der Waals surface area contributed by atoms with Crippen molar-refractivity contribution in [1.82, 2.24) is 9.88 Å². The smallest absolute Gasteiger partial charge is 0.323 e. The Morgan fingerprint density at radius 3 is 2.46 bits per heavy atom. The van der Waals surface area contributed by atoms with Crippen LogP contribution in [0.5, 0.6) is 5.88 Å². The third-order valence-corrected chi connectivity index (χ3v) is 6.97. The second-order valence-electron chi connectivity index (χ2n) is 10.7. The topological polar surface area (TPSA) is 90.0 Å². The molecule has 0 bridgehead atoms. The summed E-state index contributed by atoms with van der Waals surface area (Å²) in [6.45, 7) is 7.19. The first-order valence-electron chi connectivity index (χ1n) is 12.7. The highest BCUT2D eigenvalue weighted by atomic mass is 16.5. The van der Waals surface area contributed by atoms with Gasteiger partial charge in [0.2, 0.25) is 5.88 Å². The molecule has 8 nitrogen and oxygen atoms in total. The number of pyridine rings is 1. The number of aliphatic hydroxyl groups is 1. The quantitative estimate of drug-likeness (QED) is 0.486. The number of benzene rings is 1. The molecule has 1 saturated carbocycles. The van der Waals surface area contributed by atoms with Gasteiger partial charge in [-0.2, -0.15) is 0 Å². The maximum absolute atomic E-state index is 12.4. The number of amides is 2. The predicted molar refractivity (Wildman–Crippen MR) is 140 cm³/mol. The van der Waals surface area contributed by atoms with Gasteiger partial charge in [0.05, 0.1) is 11.9 Å². The molecule has 2 aromatic rings. The van der Waals surface area contributed by atoms with Crippen LogP contribution in [0.1, 0.15) is 46.0 Å². The van der Waals surface area contributed by atoms with Gasteiger partial charge >= 0.3 is 6.03 Å². The lowest BCUT2D eigenvalue weighted by Crippen LogP contribution is -2.41. The Bertz CT molecular complexity index is 958. The van der Waals surface area contributed by atoms with Crippen LogP contribution in [0, 0.1) is 5.41 Å². The number of likely N-dealkylation sites (N-methyl/N-ethyl adjacent to an activating group) is 1. The van der Waals surface area contributed by atoms with E-state index in [-0.39, 0.29) is 24.2 Å². The van der Waals surface area contributed by atoms with Gasteiger partial charge in [-0.15, -0.1) is 0 Å². The first-order valence-corrected chi connectivity index (χ1v) is 12.7. The van der Waals surface area contributed by atoms with Gasteiger partial charge in [0.1, 0.15) is 6.10 Å². The molecule has 35 heavy (non-hydrogen) atoms. The minimum atomic E-state index is -0.307. The number of anilines is 3. The van der Waals surface area contributed by atoms with E-state index in [1.807, 2.05) is 30.3 Å². The molecule has 8 heteroatoms. The van der Waals surface area contributed by atoms with E-state index in [0.717, 1.165) is 50.3 Å². The van der Waals surface area contributed by atoms with Crippen LogP contribution in [-0.4, -0.2) is 66.5 Å². The van der Waals surface area contributed by atoms with E-state index in [1.54, 1.807) is 12.3 Å². The van der Waals surface area contributed by atoms with Crippen LogP contribution >= 0.6 is 0 Å². The summed E-state index contributed by atoms with van der Waals surface area (Å²) in [6, 6.07) is 11.7. The minimum Gasteiger partial charge on any atom is -0.474 e. The molecule has 1 aliphatic heterocycles. The SMILES string of the molecule is CN(CC(C)(C)CO)C1CCN(c2ccc(NC(=O)Nc3ccc(OC4CCCC4)nc3)cc2)C1. The normalized spacial score (nSPS) is 18.8. The summed E-state index contributed by atoms with van der Waals surface area (Å²) in [4.78, 5) is 21.5. The van der Waals surface area contributed by atoms with Crippen LogP contribution in [0.3, 0.4) is 0 Å². The molecule has 1 aromatic heterocycles. The van der Waals surface area contributed by atoms with Crippen molar-refractivity contribution in [3.8, 4) is 5.88 Å². The molecule has 2 fully saturated rings. The summed E-state index contributed by atoms with van der Waals surface area (Å²) in [5, 5.41) is 15.3. The van der Waals surface area contributed by atoms with Crippen molar-refractivity contribution in [2.75, 3.05) is 48.8 Å². The number of urea groups is 1. The van der Waals surface area contributed by atoms with Gasteiger partial charge in [0, 0.05) is 55.1 Å². The third-order valence-electron chi connectivity index (χ3n) is 6.97. The molecule has 1 aromatic carbocycles. The van der Waals surface area contributed by atoms with Gasteiger partial charge in [-0.05, 0) is 69.5 Å². The molecule has 1 aliphatic carbocycles. The van der Waals surface area contributed by atoms with Crippen molar-refractivity contribution in [3.63, 3.8) is 0 Å². The van der Waals surface area contributed by atoms with E-state index in [0.29, 0.717) is 17.6 Å². The summed E-state index contributed by atoms with van der Waals surface area (Å²) >= 11 is 0. The first-order chi connectivity index (χ1) is 16.8. The van der Waals surface area contributed by atoms with Crippen molar-refractivity contribution >= 4 is 23.1 Å². The highest BCUT2D eigenvalue weighted by Crippen LogP contribution is 2.27. The minimum absolute atomic E-state index is 0.0998. The Balaban J connectivity index is 1.24. The molecule has 2 aliphatic rings. The van der Waals surface area contributed by atoms with E-state index >= 15 is 0 Å². The van der Waals surface area contributed by atoms with Crippen LogP contribution in [0.4, 0.5) is 21.9 Å². The van der Waals surface area contributed by atoms with Gasteiger partial charge in [-0.1, -0.05) is 13.8 Å². The first kappa shape index (κ1) is 25.3. The van der Waals surface area contributed by atoms with E-state index in [1.165, 1.54) is 12.8 Å². The van der Waals surface area contributed by atoms with Crippen LogP contribution < -0.4 is 20.3 Å². The number of aliphatic hydroxyl groups excluding tert-OH is 1. The van der Waals surface area contributed by atoms with Crippen molar-refractivity contribution in [2.45, 2.75) is 58.1 Å². The number of carbonyl (C=O) groups is 1. The van der Waals surface area contributed by atoms with Crippen LogP contribution in [0.15, 0.2) is 42.6 Å². The maximum atomic E-state index is 12.4. The van der Waals surface area contributed by atoms with Gasteiger partial charge in [0.15, 0.2) is 0 Å². The lowest BCUT2D eigenvalue weighted by molar-refractivity contribution is 0.0991. The predicted octanol–water partition coefficient (Wildman–Crippen LogP) is 4.58. The van der Waals surface area contributed by atoms with Crippen molar-refractivity contribution in [3.05, 3.63) is 42.6 Å². The molecule has 1 saturated heterocycles. The Labute approximate surface area is 208 Å². The fourth-order valence-corrected chi connectivity index (χ4v) is 4.94. The van der Waals surface area contributed by atoms with Gasteiger partial charge in [-0.3, -0.25) is 0 Å². The lowest BCUT2D eigenvalue weighted by Gasteiger charge is -2.32. The summed E-state index contributed by atoms with van der Waals surface area (Å²) in [5.41, 5.74) is 2.40. The molecule has 4 rings (SSSR count). The molecule has 3 N–H and O–H groups in total. The Morgan fingerprint density at radius 1 is 1.11 bits per heavy atom. The largest absolute Gasteiger partial charge is 0.474 e. The van der Waals surface area contributed by atoms with Gasteiger partial charge in [0.25, 0.3) is 0 Å². The van der Waals surface area contributed by atoms with E-state index < -0.39 is 0 Å². The molecule has 2 amide bonds. The Morgan fingerprint density at radius 2 is 1.80 bits per heavy atom. The highest BCUT2D eigenvalue weighted by Gasteiger charge is 2.29. The molecule has 0 spiro atoms. The molecule has 1 unspecified atom stereocenters. The lowest BCUT2D eigenvalue weighted by atomic mass is 9.93. The van der Waals surface area contributed by atoms with Gasteiger partial charge < -0.3 is 30.3 Å². The number of aromatic nitrogens is 1. The molecule has 0 radical (unpaired) electrons. The molecular weight excluding hydrogens is 442 g/mol. The monoisotopic (exact) mass is 481 g/mol. The maximum Gasteiger partial charge on any atom is 0.323 e. The highest BCUT2D eigenvalue weighted by molar-refractivity contribution is 5.99. The molecular formula is C27H39N5O3. The van der Waals surface area contributed by atoms with Crippen molar-refractivity contribution in [2.24, 2.45) is 5.41 Å². The van der Waals surface area contributed by atoms with Gasteiger partial charge in [-0.25, -0.2) is 9.78 Å². The van der Waals surface area contributed by atoms with Crippen molar-refractivity contribution in [1.29, 1.82) is 0 Å². The fraction of sp³-hybridized carbons (Fsp3) is 0.556. The zero-order valence-corrected chi connectivity index (χ0v) is 21.2. The number of hydrogen-bond acceptors (Lipinski definition) is 6. The van der Waals surface area contributed by atoms with E-state index in [2.05, 4.69) is 46.3 Å². The van der Waals surface area contributed by atoms with Crippen LogP contribution in [-0.2, 0) is 0 Å². The number of rotatable bonds is 9. The second kappa shape index (κ2) is 11.3. The average molecular weight is 482 g/mol. The second-order valence-corrected chi connectivity index (χ2v) is 10.7. The van der Waals surface area contributed by atoms with Crippen molar-refractivity contribution < 1.29 is 14.6 Å². The number of ether oxygens (including phenoxy) is 1.